The van der Waals surface area contributed by atoms with Gasteiger partial charge in [0.15, 0.2) is 0 Å². The molecule has 0 amide bonds. The van der Waals surface area contributed by atoms with Gasteiger partial charge in [-0.15, -0.1) is 0 Å². The average Bonchev–Trinajstić information content (AvgIpc) is 3.14. The molecule has 2 rings (SSSR count). The van der Waals surface area contributed by atoms with Crippen molar-refractivity contribution in [2.75, 3.05) is 0 Å². The molecular formula is C22H38N4O. The number of rotatable bonds is 16. The molecule has 0 atom stereocenters. The molecule has 0 fully saturated rings. The van der Waals surface area contributed by atoms with Gasteiger partial charge in [0.1, 0.15) is 6.33 Å². The van der Waals surface area contributed by atoms with Crippen LogP contribution in [0.1, 0.15) is 109 Å². The summed E-state index contributed by atoms with van der Waals surface area (Å²) in [4.78, 5) is 20.4. The summed E-state index contributed by atoms with van der Waals surface area (Å²) in [5.74, 6) is 0.471. The molecular weight excluding hydrogens is 336 g/mol. The number of aryl methyl sites for hydroxylation is 1. The third-order valence-corrected chi connectivity index (χ3v) is 5.36. The number of hydrogen-bond donors (Lipinski definition) is 1. The Morgan fingerprint density at radius 2 is 1.33 bits per heavy atom. The van der Waals surface area contributed by atoms with Crippen LogP contribution in [0.3, 0.4) is 0 Å². The summed E-state index contributed by atoms with van der Waals surface area (Å²) in [6.07, 6.45) is 22.9. The number of unbranched alkanes of at least 4 members (excludes halogenated alkanes) is 14. The lowest BCUT2D eigenvalue weighted by Crippen LogP contribution is -2.15. The Kier molecular flexibility index (Phi) is 10.8. The summed E-state index contributed by atoms with van der Waals surface area (Å²) in [5.41, 5.74) is 0.787. The van der Waals surface area contributed by atoms with E-state index in [0.717, 1.165) is 18.5 Å². The summed E-state index contributed by atoms with van der Waals surface area (Å²) in [7, 11) is 0. The van der Waals surface area contributed by atoms with Crippen LogP contribution in [0.2, 0.25) is 0 Å². The monoisotopic (exact) mass is 374 g/mol. The van der Waals surface area contributed by atoms with Crippen LogP contribution in [0, 0.1) is 0 Å². The molecule has 0 saturated carbocycles. The smallest absolute Gasteiger partial charge is 0.274 e. The fraction of sp³-hybridized carbons (Fsp3) is 0.773. The highest BCUT2D eigenvalue weighted by molar-refractivity contribution is 5.25. The fourth-order valence-electron chi connectivity index (χ4n) is 3.67. The Morgan fingerprint density at radius 1 is 0.815 bits per heavy atom. The van der Waals surface area contributed by atoms with Gasteiger partial charge in [0, 0.05) is 6.07 Å². The first kappa shape index (κ1) is 21.6. The SMILES string of the molecule is CCCCCCCCCCCCCCCCCc1cc(=O)n2[nH]cnc2n1. The molecule has 5 nitrogen and oxygen atoms in total. The fourth-order valence-corrected chi connectivity index (χ4v) is 3.67. The van der Waals surface area contributed by atoms with Crippen LogP contribution in [-0.4, -0.2) is 19.6 Å². The van der Waals surface area contributed by atoms with Gasteiger partial charge in [0.2, 0.25) is 0 Å². The van der Waals surface area contributed by atoms with Gasteiger partial charge in [-0.1, -0.05) is 96.8 Å². The molecule has 2 aromatic rings. The van der Waals surface area contributed by atoms with Crippen molar-refractivity contribution in [3.8, 4) is 0 Å². The second-order valence-corrected chi connectivity index (χ2v) is 7.81. The van der Waals surface area contributed by atoms with E-state index in [1.54, 1.807) is 6.07 Å². The number of nitrogens with one attached hydrogen (secondary N) is 1. The van der Waals surface area contributed by atoms with Gasteiger partial charge in [-0.2, -0.15) is 4.52 Å². The van der Waals surface area contributed by atoms with Crippen molar-refractivity contribution in [1.29, 1.82) is 0 Å². The third kappa shape index (κ3) is 8.72. The molecule has 0 aliphatic rings. The summed E-state index contributed by atoms with van der Waals surface area (Å²) in [6.45, 7) is 2.28. The zero-order valence-electron chi connectivity index (χ0n) is 17.2. The Balaban J connectivity index is 1.39. The highest BCUT2D eigenvalue weighted by Crippen LogP contribution is 2.13. The van der Waals surface area contributed by atoms with Crippen molar-refractivity contribution in [3.63, 3.8) is 0 Å². The van der Waals surface area contributed by atoms with E-state index < -0.39 is 0 Å². The number of H-pyrrole nitrogens is 1. The van der Waals surface area contributed by atoms with Gasteiger partial charge in [0.05, 0.1) is 5.69 Å². The zero-order chi connectivity index (χ0) is 19.2. The molecule has 1 N–H and O–H groups in total. The number of aromatic nitrogens is 4. The predicted molar refractivity (Wildman–Crippen MR) is 112 cm³/mol. The topological polar surface area (TPSA) is 63.0 Å². The highest BCUT2D eigenvalue weighted by atomic mass is 16.1. The van der Waals surface area contributed by atoms with Crippen LogP contribution < -0.4 is 5.56 Å². The van der Waals surface area contributed by atoms with Gasteiger partial charge in [-0.3, -0.25) is 9.89 Å². The van der Waals surface area contributed by atoms with Gasteiger partial charge in [0.25, 0.3) is 11.3 Å². The first-order valence-electron chi connectivity index (χ1n) is 11.2. The Bertz CT molecular complexity index is 676. The van der Waals surface area contributed by atoms with E-state index in [1.807, 2.05) is 0 Å². The largest absolute Gasteiger partial charge is 0.278 e. The normalized spacial score (nSPS) is 11.4. The van der Waals surface area contributed by atoms with E-state index >= 15 is 0 Å². The molecule has 2 heterocycles. The van der Waals surface area contributed by atoms with Gasteiger partial charge in [-0.05, 0) is 12.8 Å². The molecule has 0 aromatic carbocycles. The average molecular weight is 375 g/mol. The van der Waals surface area contributed by atoms with E-state index in [0.29, 0.717) is 5.78 Å². The van der Waals surface area contributed by atoms with Crippen LogP contribution in [0.25, 0.3) is 5.78 Å². The van der Waals surface area contributed by atoms with E-state index in [1.165, 1.54) is 101 Å². The molecule has 5 heteroatoms. The standard InChI is InChI=1S/C22H38N4O/c1-2-3-4-5-6-7-8-9-10-11-12-13-14-15-16-17-20-18-21(27)26-22(25-20)23-19-24-26/h18-19H,2-17H2,1H3,(H,23,24,25). The number of aromatic amines is 1. The van der Waals surface area contributed by atoms with Crippen molar-refractivity contribution in [2.45, 2.75) is 110 Å². The van der Waals surface area contributed by atoms with Crippen LogP contribution in [0.5, 0.6) is 0 Å². The lowest BCUT2D eigenvalue weighted by atomic mass is 10.0. The molecule has 152 valence electrons. The first-order valence-corrected chi connectivity index (χ1v) is 11.2. The van der Waals surface area contributed by atoms with Crippen LogP contribution in [0.15, 0.2) is 17.2 Å². The minimum atomic E-state index is -0.0755. The summed E-state index contributed by atoms with van der Waals surface area (Å²) >= 11 is 0. The van der Waals surface area contributed by atoms with E-state index in [2.05, 4.69) is 22.0 Å². The van der Waals surface area contributed by atoms with E-state index in [-0.39, 0.29) is 5.56 Å². The second-order valence-electron chi connectivity index (χ2n) is 7.81. The highest BCUT2D eigenvalue weighted by Gasteiger charge is 2.03. The minimum Gasteiger partial charge on any atom is -0.278 e. The molecule has 0 bridgehead atoms. The van der Waals surface area contributed by atoms with Crippen molar-refractivity contribution < 1.29 is 0 Å². The van der Waals surface area contributed by atoms with E-state index in [4.69, 9.17) is 0 Å². The van der Waals surface area contributed by atoms with Crippen LogP contribution >= 0.6 is 0 Å². The summed E-state index contributed by atoms with van der Waals surface area (Å²) < 4.78 is 1.37. The van der Waals surface area contributed by atoms with Crippen LogP contribution in [-0.2, 0) is 6.42 Å². The molecule has 0 aliphatic carbocycles. The maximum atomic E-state index is 11.9. The maximum absolute atomic E-state index is 11.9. The number of hydrogen-bond acceptors (Lipinski definition) is 3. The van der Waals surface area contributed by atoms with Crippen molar-refractivity contribution in [3.05, 3.63) is 28.4 Å². The predicted octanol–water partition coefficient (Wildman–Crippen LogP) is 5.83. The lowest BCUT2D eigenvalue weighted by Gasteiger charge is -2.03. The van der Waals surface area contributed by atoms with Gasteiger partial charge in [-0.25, -0.2) is 9.97 Å². The first-order chi connectivity index (χ1) is 13.3. The Hall–Kier alpha value is -1.65. The van der Waals surface area contributed by atoms with Gasteiger partial charge >= 0.3 is 0 Å². The summed E-state index contributed by atoms with van der Waals surface area (Å²) in [5, 5.41) is 2.77. The Labute approximate surface area is 164 Å². The van der Waals surface area contributed by atoms with E-state index in [9.17, 15) is 4.79 Å². The molecule has 0 aliphatic heterocycles. The lowest BCUT2D eigenvalue weighted by molar-refractivity contribution is 0.532. The van der Waals surface area contributed by atoms with Crippen molar-refractivity contribution in [2.24, 2.45) is 0 Å². The Morgan fingerprint density at radius 3 is 1.89 bits per heavy atom. The molecule has 0 radical (unpaired) electrons. The molecule has 27 heavy (non-hydrogen) atoms. The number of nitrogens with zero attached hydrogens (tertiary/aromatic N) is 3. The zero-order valence-corrected chi connectivity index (χ0v) is 17.2. The molecule has 0 saturated heterocycles. The minimum absolute atomic E-state index is 0.0755. The number of fused-ring (bicyclic) bond motifs is 1. The molecule has 0 unspecified atom stereocenters. The van der Waals surface area contributed by atoms with Crippen molar-refractivity contribution in [1.82, 2.24) is 19.6 Å². The van der Waals surface area contributed by atoms with Gasteiger partial charge < -0.3 is 0 Å². The van der Waals surface area contributed by atoms with Crippen LogP contribution in [0.4, 0.5) is 0 Å². The third-order valence-electron chi connectivity index (χ3n) is 5.36. The second kappa shape index (κ2) is 13.5. The summed E-state index contributed by atoms with van der Waals surface area (Å²) in [6, 6.07) is 1.62. The maximum Gasteiger partial charge on any atom is 0.274 e. The quantitative estimate of drug-likeness (QED) is 0.376. The molecule has 0 spiro atoms. The van der Waals surface area contributed by atoms with Crippen molar-refractivity contribution >= 4 is 5.78 Å². The molecule has 2 aromatic heterocycles.